The second-order valence-electron chi connectivity index (χ2n) is 4.41. The van der Waals surface area contributed by atoms with E-state index >= 15 is 0 Å². The van der Waals surface area contributed by atoms with Crippen molar-refractivity contribution in [3.63, 3.8) is 0 Å². The van der Waals surface area contributed by atoms with Crippen molar-refractivity contribution in [2.45, 2.75) is 32.2 Å². The van der Waals surface area contributed by atoms with Gasteiger partial charge in [0.1, 0.15) is 4.90 Å². The molecule has 0 aromatic carbocycles. The van der Waals surface area contributed by atoms with Crippen LogP contribution in [0.1, 0.15) is 18.3 Å². The van der Waals surface area contributed by atoms with Crippen LogP contribution in [-0.2, 0) is 16.6 Å². The summed E-state index contributed by atoms with van der Waals surface area (Å²) >= 11 is 0. The minimum Gasteiger partial charge on any atom is -0.314 e. The van der Waals surface area contributed by atoms with E-state index in [0.717, 1.165) is 0 Å². The van der Waals surface area contributed by atoms with E-state index in [9.17, 15) is 13.2 Å². The Balaban J connectivity index is 2.41. The Bertz CT molecular complexity index is 770. The number of rotatable bonds is 4. The fourth-order valence-electron chi connectivity index (χ4n) is 1.98. The molecule has 0 aliphatic rings. The van der Waals surface area contributed by atoms with Crippen LogP contribution in [0, 0.1) is 13.8 Å². The Morgan fingerprint density at radius 3 is 2.60 bits per heavy atom. The molecule has 0 fully saturated rings. The maximum atomic E-state index is 12.3. The summed E-state index contributed by atoms with van der Waals surface area (Å²) in [5, 5.41) is 6.51. The van der Waals surface area contributed by atoms with Gasteiger partial charge >= 0.3 is 0 Å². The molecule has 0 atom stereocenters. The van der Waals surface area contributed by atoms with E-state index in [2.05, 4.69) is 14.9 Å². The first kappa shape index (κ1) is 14.3. The zero-order valence-electron chi connectivity index (χ0n) is 11.5. The predicted octanol–water partition coefficient (Wildman–Crippen LogP) is 1.01. The van der Waals surface area contributed by atoms with Gasteiger partial charge in [0.25, 0.3) is 15.6 Å². The first-order valence-electron chi connectivity index (χ1n) is 6.10. The number of sulfonamides is 1. The number of aromatic amines is 1. The Hall–Kier alpha value is -2.09. The largest absolute Gasteiger partial charge is 0.314 e. The summed E-state index contributed by atoms with van der Waals surface area (Å²) < 4.78 is 28.5. The first-order chi connectivity index (χ1) is 9.35. The number of aromatic nitrogens is 3. The summed E-state index contributed by atoms with van der Waals surface area (Å²) in [5.74, 6) is 0. The molecule has 2 aromatic rings. The van der Waals surface area contributed by atoms with E-state index in [4.69, 9.17) is 0 Å². The van der Waals surface area contributed by atoms with Crippen molar-refractivity contribution in [2.24, 2.45) is 0 Å². The van der Waals surface area contributed by atoms with Crippen molar-refractivity contribution in [2.75, 3.05) is 4.72 Å². The summed E-state index contributed by atoms with van der Waals surface area (Å²) in [6.07, 6.45) is 1.48. The van der Waals surface area contributed by atoms with Gasteiger partial charge in [-0.1, -0.05) is 0 Å². The van der Waals surface area contributed by atoms with Crippen LogP contribution in [0.15, 0.2) is 28.0 Å². The van der Waals surface area contributed by atoms with Gasteiger partial charge in [-0.2, -0.15) is 5.10 Å². The van der Waals surface area contributed by atoms with Crippen LogP contribution in [0.2, 0.25) is 0 Å². The van der Waals surface area contributed by atoms with Crippen LogP contribution in [0.5, 0.6) is 0 Å². The molecule has 2 rings (SSSR count). The summed E-state index contributed by atoms with van der Waals surface area (Å²) in [7, 11) is -3.73. The lowest BCUT2D eigenvalue weighted by Gasteiger charge is -2.10. The molecule has 0 bridgehead atoms. The number of nitrogens with one attached hydrogen (secondary N) is 2. The van der Waals surface area contributed by atoms with Crippen LogP contribution in [-0.4, -0.2) is 23.2 Å². The highest BCUT2D eigenvalue weighted by Gasteiger charge is 2.22. The molecular formula is C12H16N4O3S. The quantitative estimate of drug-likeness (QED) is 0.880. The van der Waals surface area contributed by atoms with Crippen molar-refractivity contribution in [3.8, 4) is 0 Å². The SMILES string of the molecule is CCn1cc(NS(=O)(=O)c2c(C)n[nH]c2C)ccc1=O. The van der Waals surface area contributed by atoms with Crippen molar-refractivity contribution >= 4 is 15.7 Å². The van der Waals surface area contributed by atoms with Crippen molar-refractivity contribution in [1.82, 2.24) is 14.8 Å². The standard InChI is InChI=1S/C12H16N4O3S/c1-4-16-7-10(5-6-11(16)17)15-20(18,19)12-8(2)13-14-9(12)3/h5-7,15H,4H2,1-3H3,(H,13,14). The van der Waals surface area contributed by atoms with Gasteiger partial charge in [0.05, 0.1) is 17.1 Å². The molecule has 0 saturated carbocycles. The highest BCUT2D eigenvalue weighted by atomic mass is 32.2. The number of H-pyrrole nitrogens is 1. The van der Waals surface area contributed by atoms with E-state index in [1.165, 1.54) is 22.9 Å². The number of hydrogen-bond donors (Lipinski definition) is 2. The third kappa shape index (κ3) is 2.60. The molecule has 2 N–H and O–H groups in total. The van der Waals surface area contributed by atoms with Crippen LogP contribution >= 0.6 is 0 Å². The fraction of sp³-hybridized carbons (Fsp3) is 0.333. The Morgan fingerprint density at radius 1 is 1.35 bits per heavy atom. The van der Waals surface area contributed by atoms with E-state index in [1.54, 1.807) is 13.8 Å². The first-order valence-corrected chi connectivity index (χ1v) is 7.58. The van der Waals surface area contributed by atoms with Gasteiger partial charge in [0, 0.05) is 18.8 Å². The third-order valence-corrected chi connectivity index (χ3v) is 4.55. The van der Waals surface area contributed by atoms with E-state index < -0.39 is 10.0 Å². The van der Waals surface area contributed by atoms with Gasteiger partial charge in [-0.15, -0.1) is 0 Å². The van der Waals surface area contributed by atoms with Gasteiger partial charge in [-0.05, 0) is 26.8 Å². The van der Waals surface area contributed by atoms with E-state index in [1.807, 2.05) is 6.92 Å². The lowest BCUT2D eigenvalue weighted by Crippen LogP contribution is -2.20. The number of hydrogen-bond acceptors (Lipinski definition) is 4. The van der Waals surface area contributed by atoms with Crippen LogP contribution in [0.4, 0.5) is 5.69 Å². The molecule has 0 amide bonds. The number of aryl methyl sites for hydroxylation is 3. The molecule has 2 aromatic heterocycles. The summed E-state index contributed by atoms with van der Waals surface area (Å²) in [6.45, 7) is 5.54. The van der Waals surface area contributed by atoms with Crippen LogP contribution in [0.3, 0.4) is 0 Å². The second-order valence-corrected chi connectivity index (χ2v) is 6.03. The summed E-state index contributed by atoms with van der Waals surface area (Å²) in [5.41, 5.74) is 1.04. The Kier molecular flexibility index (Phi) is 3.67. The zero-order valence-corrected chi connectivity index (χ0v) is 12.3. The molecule has 0 spiro atoms. The molecule has 0 saturated heterocycles. The molecule has 20 heavy (non-hydrogen) atoms. The van der Waals surface area contributed by atoms with E-state index in [0.29, 0.717) is 23.6 Å². The highest BCUT2D eigenvalue weighted by molar-refractivity contribution is 7.92. The van der Waals surface area contributed by atoms with Gasteiger partial charge in [0.2, 0.25) is 0 Å². The van der Waals surface area contributed by atoms with Crippen molar-refractivity contribution < 1.29 is 8.42 Å². The third-order valence-electron chi connectivity index (χ3n) is 2.91. The molecule has 0 aliphatic carbocycles. The lowest BCUT2D eigenvalue weighted by atomic mass is 10.4. The minimum absolute atomic E-state index is 0.131. The lowest BCUT2D eigenvalue weighted by molar-refractivity contribution is 0.600. The second kappa shape index (κ2) is 5.12. The van der Waals surface area contributed by atoms with Crippen LogP contribution < -0.4 is 10.3 Å². The molecule has 2 heterocycles. The number of nitrogens with zero attached hydrogens (tertiary/aromatic N) is 2. The molecule has 8 heteroatoms. The highest BCUT2D eigenvalue weighted by Crippen LogP contribution is 2.20. The topological polar surface area (TPSA) is 96.8 Å². The van der Waals surface area contributed by atoms with Gasteiger partial charge in [-0.3, -0.25) is 14.6 Å². The Labute approximate surface area is 116 Å². The smallest absolute Gasteiger partial charge is 0.265 e. The maximum Gasteiger partial charge on any atom is 0.265 e. The van der Waals surface area contributed by atoms with Crippen molar-refractivity contribution in [1.29, 1.82) is 0 Å². The summed E-state index contributed by atoms with van der Waals surface area (Å²) in [6, 6.07) is 2.77. The normalized spacial score (nSPS) is 11.6. The molecule has 0 aliphatic heterocycles. The number of anilines is 1. The monoisotopic (exact) mass is 296 g/mol. The van der Waals surface area contributed by atoms with Gasteiger partial charge in [0.15, 0.2) is 0 Å². The Morgan fingerprint density at radius 2 is 2.05 bits per heavy atom. The zero-order chi connectivity index (χ0) is 14.9. The fourth-order valence-corrected chi connectivity index (χ4v) is 3.40. The molecule has 108 valence electrons. The average Bonchev–Trinajstić information content (AvgIpc) is 2.71. The number of pyridine rings is 1. The maximum absolute atomic E-state index is 12.3. The molecule has 0 unspecified atom stereocenters. The van der Waals surface area contributed by atoms with Gasteiger partial charge < -0.3 is 4.57 Å². The van der Waals surface area contributed by atoms with Gasteiger partial charge in [-0.25, -0.2) is 8.42 Å². The molecule has 0 radical (unpaired) electrons. The van der Waals surface area contributed by atoms with Crippen LogP contribution in [0.25, 0.3) is 0 Å². The van der Waals surface area contributed by atoms with E-state index in [-0.39, 0.29) is 10.5 Å². The van der Waals surface area contributed by atoms with Crippen molar-refractivity contribution in [3.05, 3.63) is 40.1 Å². The predicted molar refractivity (Wildman–Crippen MR) is 75.2 cm³/mol. The minimum atomic E-state index is -3.73. The molecule has 7 nitrogen and oxygen atoms in total. The average molecular weight is 296 g/mol. The summed E-state index contributed by atoms with van der Waals surface area (Å²) in [4.78, 5) is 11.6. The molecular weight excluding hydrogens is 280 g/mol.